The fraction of sp³-hybridized carbons (Fsp3) is 0.583. The van der Waals surface area contributed by atoms with Crippen molar-refractivity contribution < 1.29 is 19.2 Å². The Balaban J connectivity index is 1.89. The Morgan fingerprint density at radius 2 is 2.37 bits per heavy atom. The second-order valence-corrected chi connectivity index (χ2v) is 4.76. The van der Waals surface area contributed by atoms with Gasteiger partial charge in [-0.3, -0.25) is 4.79 Å². The highest BCUT2D eigenvalue weighted by molar-refractivity contribution is 5.78. The summed E-state index contributed by atoms with van der Waals surface area (Å²) < 4.78 is 4.99. The van der Waals surface area contributed by atoms with Gasteiger partial charge >= 0.3 is 12.0 Å². The van der Waals surface area contributed by atoms with Gasteiger partial charge < -0.3 is 19.8 Å². The molecule has 1 aromatic rings. The van der Waals surface area contributed by atoms with Gasteiger partial charge in [-0.1, -0.05) is 5.16 Å². The van der Waals surface area contributed by atoms with Crippen LogP contribution in [0.2, 0.25) is 0 Å². The van der Waals surface area contributed by atoms with E-state index in [0.717, 1.165) is 5.69 Å². The Kier molecular flexibility index (Phi) is 3.73. The summed E-state index contributed by atoms with van der Waals surface area (Å²) >= 11 is 0. The van der Waals surface area contributed by atoms with Gasteiger partial charge in [-0.05, 0) is 20.3 Å². The minimum absolute atomic E-state index is 0.251. The van der Waals surface area contributed by atoms with E-state index in [1.165, 1.54) is 0 Å². The zero-order chi connectivity index (χ0) is 14.0. The monoisotopic (exact) mass is 267 g/mol. The van der Waals surface area contributed by atoms with E-state index >= 15 is 0 Å². The number of hydrogen-bond donors (Lipinski definition) is 2. The molecule has 104 valence electrons. The molecule has 7 nitrogen and oxygen atoms in total. The van der Waals surface area contributed by atoms with Crippen LogP contribution in [0.4, 0.5) is 4.79 Å². The number of carboxylic acid groups (broad SMARTS) is 1. The third kappa shape index (κ3) is 2.86. The summed E-state index contributed by atoms with van der Waals surface area (Å²) in [5.74, 6) is -0.764. The molecule has 1 aliphatic heterocycles. The Morgan fingerprint density at radius 3 is 2.89 bits per heavy atom. The van der Waals surface area contributed by atoms with Crippen molar-refractivity contribution in [2.24, 2.45) is 5.92 Å². The molecule has 0 bridgehead atoms. The Bertz CT molecular complexity index is 485. The molecule has 2 unspecified atom stereocenters. The van der Waals surface area contributed by atoms with Crippen LogP contribution in [0.15, 0.2) is 10.6 Å². The number of aliphatic carboxylic acids is 1. The number of likely N-dealkylation sites (tertiary alicyclic amines) is 1. The molecule has 1 fully saturated rings. The van der Waals surface area contributed by atoms with Gasteiger partial charge in [-0.15, -0.1) is 0 Å². The van der Waals surface area contributed by atoms with Crippen LogP contribution in [0.25, 0.3) is 0 Å². The van der Waals surface area contributed by atoms with Crippen molar-refractivity contribution in [3.05, 3.63) is 17.5 Å². The number of carboxylic acids is 1. The number of nitrogens with one attached hydrogen (secondary N) is 1. The molecule has 0 saturated carbocycles. The highest BCUT2D eigenvalue weighted by Gasteiger charge is 2.38. The van der Waals surface area contributed by atoms with Crippen LogP contribution >= 0.6 is 0 Å². The molecule has 2 rings (SSSR count). The Hall–Kier alpha value is -2.05. The average molecular weight is 267 g/mol. The maximum absolute atomic E-state index is 12.0. The zero-order valence-electron chi connectivity index (χ0n) is 10.9. The fourth-order valence-electron chi connectivity index (χ4n) is 2.32. The van der Waals surface area contributed by atoms with E-state index in [4.69, 9.17) is 9.63 Å². The molecule has 0 aromatic carbocycles. The number of amides is 2. The molecule has 2 heterocycles. The smallest absolute Gasteiger partial charge is 0.318 e. The molecule has 2 amide bonds. The second-order valence-electron chi connectivity index (χ2n) is 4.76. The van der Waals surface area contributed by atoms with Gasteiger partial charge in [0, 0.05) is 18.7 Å². The SMILES string of the molecule is Cc1cc(CNC(=O)N2CCC(C(=O)O)C2C)on1. The number of rotatable bonds is 3. The van der Waals surface area contributed by atoms with Gasteiger partial charge in [0.1, 0.15) is 0 Å². The predicted octanol–water partition coefficient (Wildman–Crippen LogP) is 0.988. The van der Waals surface area contributed by atoms with Crippen molar-refractivity contribution in [3.63, 3.8) is 0 Å². The minimum atomic E-state index is -0.853. The van der Waals surface area contributed by atoms with Crippen LogP contribution in [0.1, 0.15) is 24.8 Å². The molecule has 1 saturated heterocycles. The fourth-order valence-corrected chi connectivity index (χ4v) is 2.32. The molecule has 19 heavy (non-hydrogen) atoms. The lowest BCUT2D eigenvalue weighted by atomic mass is 10.0. The van der Waals surface area contributed by atoms with Crippen LogP contribution in [0.3, 0.4) is 0 Å². The number of nitrogens with zero attached hydrogens (tertiary/aromatic N) is 2. The van der Waals surface area contributed by atoms with Crippen LogP contribution in [0, 0.1) is 12.8 Å². The molecular weight excluding hydrogens is 250 g/mol. The van der Waals surface area contributed by atoms with Crippen molar-refractivity contribution in [1.82, 2.24) is 15.4 Å². The summed E-state index contributed by atoms with van der Waals surface area (Å²) in [5.41, 5.74) is 0.754. The van der Waals surface area contributed by atoms with E-state index < -0.39 is 11.9 Å². The third-order valence-electron chi connectivity index (χ3n) is 3.42. The van der Waals surface area contributed by atoms with E-state index in [0.29, 0.717) is 18.7 Å². The molecular formula is C12H17N3O4. The quantitative estimate of drug-likeness (QED) is 0.851. The second kappa shape index (κ2) is 5.29. The maximum Gasteiger partial charge on any atom is 0.318 e. The first-order chi connectivity index (χ1) is 8.99. The standard InChI is InChI=1S/C12H17N3O4/c1-7-5-9(19-14-7)6-13-12(18)15-4-3-10(8(15)2)11(16)17/h5,8,10H,3-4,6H2,1-2H3,(H,13,18)(H,16,17). The first kappa shape index (κ1) is 13.4. The number of aryl methyl sites for hydroxylation is 1. The molecule has 2 N–H and O–H groups in total. The number of hydrogen-bond acceptors (Lipinski definition) is 4. The van der Waals surface area contributed by atoms with Gasteiger partial charge in [0.25, 0.3) is 0 Å². The number of aromatic nitrogens is 1. The topological polar surface area (TPSA) is 95.7 Å². The largest absolute Gasteiger partial charge is 0.481 e. The van der Waals surface area contributed by atoms with Crippen molar-refractivity contribution in [2.45, 2.75) is 32.9 Å². The van der Waals surface area contributed by atoms with E-state index in [1.807, 2.05) is 0 Å². The predicted molar refractivity (Wildman–Crippen MR) is 65.4 cm³/mol. The summed E-state index contributed by atoms with van der Waals surface area (Å²) in [6.07, 6.45) is 0.491. The van der Waals surface area contributed by atoms with Gasteiger partial charge in [0.15, 0.2) is 5.76 Å². The highest BCUT2D eigenvalue weighted by atomic mass is 16.5. The summed E-state index contributed by atoms with van der Waals surface area (Å²) in [6, 6.07) is 1.17. The summed E-state index contributed by atoms with van der Waals surface area (Å²) in [4.78, 5) is 24.5. The molecule has 0 aliphatic carbocycles. The minimum Gasteiger partial charge on any atom is -0.481 e. The zero-order valence-corrected chi connectivity index (χ0v) is 10.9. The number of urea groups is 1. The first-order valence-corrected chi connectivity index (χ1v) is 6.18. The highest BCUT2D eigenvalue weighted by Crippen LogP contribution is 2.24. The Labute approximate surface area is 110 Å². The first-order valence-electron chi connectivity index (χ1n) is 6.18. The maximum atomic E-state index is 12.0. The number of carbonyl (C=O) groups excluding carboxylic acids is 1. The van der Waals surface area contributed by atoms with Crippen LogP contribution < -0.4 is 5.32 Å². The molecule has 7 heteroatoms. The Morgan fingerprint density at radius 1 is 1.63 bits per heavy atom. The van der Waals surface area contributed by atoms with Crippen molar-refractivity contribution in [1.29, 1.82) is 0 Å². The van der Waals surface area contributed by atoms with Crippen molar-refractivity contribution in [3.8, 4) is 0 Å². The van der Waals surface area contributed by atoms with Crippen molar-refractivity contribution >= 4 is 12.0 Å². The third-order valence-corrected chi connectivity index (χ3v) is 3.42. The molecule has 2 atom stereocenters. The van der Waals surface area contributed by atoms with Crippen molar-refractivity contribution in [2.75, 3.05) is 6.54 Å². The molecule has 1 aliphatic rings. The normalized spacial score (nSPS) is 22.5. The van der Waals surface area contributed by atoms with E-state index in [2.05, 4.69) is 10.5 Å². The van der Waals surface area contributed by atoms with Gasteiger partial charge in [-0.25, -0.2) is 4.79 Å². The van der Waals surface area contributed by atoms with Crippen LogP contribution in [-0.4, -0.2) is 39.8 Å². The van der Waals surface area contributed by atoms with E-state index in [9.17, 15) is 9.59 Å². The van der Waals surface area contributed by atoms with E-state index in [-0.39, 0.29) is 18.6 Å². The average Bonchev–Trinajstić information content (AvgIpc) is 2.92. The lowest BCUT2D eigenvalue weighted by Crippen LogP contribution is -2.43. The van der Waals surface area contributed by atoms with E-state index in [1.54, 1.807) is 24.8 Å². The van der Waals surface area contributed by atoms with Crippen LogP contribution in [-0.2, 0) is 11.3 Å². The summed E-state index contributed by atoms with van der Waals surface area (Å²) in [7, 11) is 0. The number of carbonyl (C=O) groups is 2. The lowest BCUT2D eigenvalue weighted by Gasteiger charge is -2.23. The summed E-state index contributed by atoms with van der Waals surface area (Å²) in [6.45, 7) is 4.26. The van der Waals surface area contributed by atoms with Crippen LogP contribution in [0.5, 0.6) is 0 Å². The molecule has 0 radical (unpaired) electrons. The van der Waals surface area contributed by atoms with Gasteiger partial charge in [0.05, 0.1) is 18.2 Å². The summed E-state index contributed by atoms with van der Waals surface area (Å²) in [5, 5.41) is 15.4. The molecule has 1 aromatic heterocycles. The van der Waals surface area contributed by atoms with Gasteiger partial charge in [0.2, 0.25) is 0 Å². The molecule has 0 spiro atoms. The van der Waals surface area contributed by atoms with Gasteiger partial charge in [-0.2, -0.15) is 0 Å². The lowest BCUT2D eigenvalue weighted by molar-refractivity contribution is -0.142.